The Morgan fingerprint density at radius 3 is 2.51 bits per heavy atom. The van der Waals surface area contributed by atoms with E-state index in [4.69, 9.17) is 5.73 Å². The van der Waals surface area contributed by atoms with Crippen molar-refractivity contribution >= 4 is 34.7 Å². The average Bonchev–Trinajstić information content (AvgIpc) is 3.41. The van der Waals surface area contributed by atoms with Gasteiger partial charge in [-0.15, -0.1) is 0 Å². The number of aromatic nitrogens is 4. The Morgan fingerprint density at radius 1 is 1.06 bits per heavy atom. The summed E-state index contributed by atoms with van der Waals surface area (Å²) >= 11 is 0. The second-order valence-corrected chi connectivity index (χ2v) is 9.21. The normalized spacial score (nSPS) is 24.6. The Hall–Kier alpha value is -3.41. The van der Waals surface area contributed by atoms with Gasteiger partial charge in [-0.05, 0) is 57.1 Å². The van der Waals surface area contributed by atoms with E-state index in [-0.39, 0.29) is 35.5 Å². The molecular weight excluding hydrogens is 463 g/mol. The van der Waals surface area contributed by atoms with Crippen LogP contribution in [-0.4, -0.2) is 42.7 Å². The number of nitrogens with one attached hydrogen (secondary N) is 2. The molecule has 2 fully saturated rings. The number of hydrogen-bond acceptors (Lipinski definition) is 7. The highest BCUT2D eigenvalue weighted by molar-refractivity contribution is 5.78. The SMILES string of the molecule is NC(=O)C1CCC(n2c(Nc3ccc(F)c(F)c3F)nc3cnc(NC4CCC[C@H]4O)nc32)CC1. The van der Waals surface area contributed by atoms with Crippen LogP contribution in [0.3, 0.4) is 0 Å². The van der Waals surface area contributed by atoms with Gasteiger partial charge in [0.15, 0.2) is 23.1 Å². The van der Waals surface area contributed by atoms with E-state index >= 15 is 0 Å². The van der Waals surface area contributed by atoms with E-state index in [9.17, 15) is 23.1 Å². The van der Waals surface area contributed by atoms with Gasteiger partial charge in [-0.1, -0.05) is 0 Å². The van der Waals surface area contributed by atoms with Crippen molar-refractivity contribution in [2.75, 3.05) is 10.6 Å². The zero-order valence-electron chi connectivity index (χ0n) is 18.8. The Bertz CT molecular complexity index is 1260. The number of fused-ring (bicyclic) bond motifs is 1. The molecule has 0 spiro atoms. The fourth-order valence-corrected chi connectivity index (χ4v) is 5.03. The number of primary amides is 1. The Labute approximate surface area is 199 Å². The van der Waals surface area contributed by atoms with Gasteiger partial charge in [-0.25, -0.2) is 23.1 Å². The maximum atomic E-state index is 14.4. The number of amides is 1. The molecule has 1 aromatic carbocycles. The van der Waals surface area contributed by atoms with Crippen molar-refractivity contribution in [3.8, 4) is 0 Å². The van der Waals surface area contributed by atoms with Crippen molar-refractivity contribution in [3.05, 3.63) is 35.8 Å². The third-order valence-corrected chi connectivity index (χ3v) is 6.97. The topological polar surface area (TPSA) is 131 Å². The third kappa shape index (κ3) is 4.49. The van der Waals surface area contributed by atoms with Crippen molar-refractivity contribution in [3.63, 3.8) is 0 Å². The first-order chi connectivity index (χ1) is 16.8. The van der Waals surface area contributed by atoms with E-state index in [0.29, 0.717) is 49.2 Å². The maximum Gasteiger partial charge on any atom is 0.225 e. The molecule has 0 radical (unpaired) electrons. The molecule has 1 unspecified atom stereocenters. The first kappa shape index (κ1) is 23.3. The summed E-state index contributed by atoms with van der Waals surface area (Å²) in [6, 6.07) is 1.62. The summed E-state index contributed by atoms with van der Waals surface area (Å²) in [5.74, 6) is -4.28. The second-order valence-electron chi connectivity index (χ2n) is 9.21. The monoisotopic (exact) mass is 489 g/mol. The lowest BCUT2D eigenvalue weighted by Gasteiger charge is -2.29. The molecule has 1 amide bonds. The van der Waals surface area contributed by atoms with Crippen LogP contribution in [0.2, 0.25) is 0 Å². The second kappa shape index (κ2) is 9.33. The first-order valence-corrected chi connectivity index (χ1v) is 11.7. The van der Waals surface area contributed by atoms with Gasteiger partial charge in [-0.2, -0.15) is 4.98 Å². The number of imidazole rings is 1. The number of anilines is 3. The fraction of sp³-hybridized carbons (Fsp3) is 0.478. The number of rotatable bonds is 6. The lowest BCUT2D eigenvalue weighted by Crippen LogP contribution is -2.29. The Morgan fingerprint density at radius 2 is 1.83 bits per heavy atom. The van der Waals surface area contributed by atoms with Crippen LogP contribution in [0.4, 0.5) is 30.8 Å². The van der Waals surface area contributed by atoms with Gasteiger partial charge in [-0.3, -0.25) is 9.36 Å². The molecule has 0 bridgehead atoms. The standard InChI is InChI=1S/C23H26F3N7O2/c24-13-8-9-15(19(26)18(13)25)30-23-31-16-10-28-22(29-14-2-1-3-17(14)34)32-21(16)33(23)12-6-4-11(5-7-12)20(27)35/h8-12,14,17,34H,1-7H2,(H2,27,35)(H,30,31)(H,28,29,32)/t11?,12?,14?,17-/m1/s1. The molecule has 0 aliphatic heterocycles. The molecule has 2 saturated carbocycles. The van der Waals surface area contributed by atoms with Gasteiger partial charge in [0.25, 0.3) is 0 Å². The molecule has 5 N–H and O–H groups in total. The van der Waals surface area contributed by atoms with E-state index < -0.39 is 23.6 Å². The van der Waals surface area contributed by atoms with E-state index in [1.165, 1.54) is 6.20 Å². The molecule has 2 heterocycles. The maximum absolute atomic E-state index is 14.4. The largest absolute Gasteiger partial charge is 0.391 e. The van der Waals surface area contributed by atoms with Gasteiger partial charge in [0, 0.05) is 12.0 Å². The fourth-order valence-electron chi connectivity index (χ4n) is 5.03. The number of hydrogen-bond donors (Lipinski definition) is 4. The van der Waals surface area contributed by atoms with Crippen LogP contribution in [-0.2, 0) is 4.79 Å². The molecule has 2 atom stereocenters. The predicted octanol–water partition coefficient (Wildman–Crippen LogP) is 3.53. The summed E-state index contributed by atoms with van der Waals surface area (Å²) < 4.78 is 43.5. The zero-order chi connectivity index (χ0) is 24.7. The van der Waals surface area contributed by atoms with Crippen molar-refractivity contribution in [1.82, 2.24) is 19.5 Å². The highest BCUT2D eigenvalue weighted by Gasteiger charge is 2.30. The van der Waals surface area contributed by atoms with E-state index in [2.05, 4.69) is 25.6 Å². The van der Waals surface area contributed by atoms with Gasteiger partial charge in [0.05, 0.1) is 24.0 Å². The highest BCUT2D eigenvalue weighted by atomic mass is 19.2. The minimum absolute atomic E-state index is 0.147. The minimum atomic E-state index is -1.58. The van der Waals surface area contributed by atoms with Crippen molar-refractivity contribution in [2.45, 2.75) is 63.1 Å². The molecule has 12 heteroatoms. The van der Waals surface area contributed by atoms with Crippen LogP contribution in [0.15, 0.2) is 18.3 Å². The number of nitrogens with two attached hydrogens (primary N) is 1. The summed E-state index contributed by atoms with van der Waals surface area (Å²) in [5, 5.41) is 16.1. The van der Waals surface area contributed by atoms with Crippen molar-refractivity contribution in [1.29, 1.82) is 0 Å². The Balaban J connectivity index is 1.53. The molecule has 3 aromatic rings. The van der Waals surface area contributed by atoms with Crippen LogP contribution in [0.5, 0.6) is 0 Å². The number of carbonyl (C=O) groups is 1. The molecule has 9 nitrogen and oxygen atoms in total. The number of halogens is 3. The number of benzene rings is 1. The van der Waals surface area contributed by atoms with E-state index in [0.717, 1.165) is 25.0 Å². The van der Waals surface area contributed by atoms with Crippen LogP contribution in [0.25, 0.3) is 11.2 Å². The Kier molecular flexibility index (Phi) is 6.22. The molecule has 2 aliphatic carbocycles. The number of carbonyl (C=O) groups excluding carboxylic acids is 1. The smallest absolute Gasteiger partial charge is 0.225 e. The van der Waals surface area contributed by atoms with Gasteiger partial charge >= 0.3 is 0 Å². The molecular formula is C23H26F3N7O2. The summed E-state index contributed by atoms with van der Waals surface area (Å²) in [6.45, 7) is 0. The zero-order valence-corrected chi connectivity index (χ0v) is 18.8. The summed E-state index contributed by atoms with van der Waals surface area (Å²) in [4.78, 5) is 25.1. The van der Waals surface area contributed by atoms with E-state index in [1.807, 2.05) is 0 Å². The first-order valence-electron chi connectivity index (χ1n) is 11.7. The molecule has 5 rings (SSSR count). The van der Waals surface area contributed by atoms with Gasteiger partial charge < -0.3 is 21.5 Å². The molecule has 2 aliphatic rings. The van der Waals surface area contributed by atoms with Gasteiger partial charge in [0.1, 0.15) is 5.52 Å². The minimum Gasteiger partial charge on any atom is -0.391 e. The lowest BCUT2D eigenvalue weighted by atomic mass is 9.85. The van der Waals surface area contributed by atoms with Crippen molar-refractivity contribution in [2.24, 2.45) is 11.7 Å². The van der Waals surface area contributed by atoms with Crippen molar-refractivity contribution < 1.29 is 23.1 Å². The van der Waals surface area contributed by atoms with Crippen LogP contribution < -0.4 is 16.4 Å². The summed E-state index contributed by atoms with van der Waals surface area (Å²) in [6.07, 6.45) is 5.77. The lowest BCUT2D eigenvalue weighted by molar-refractivity contribution is -0.122. The van der Waals surface area contributed by atoms with Gasteiger partial charge in [0.2, 0.25) is 17.8 Å². The molecule has 0 saturated heterocycles. The van der Waals surface area contributed by atoms with E-state index in [1.54, 1.807) is 4.57 Å². The molecule has 35 heavy (non-hydrogen) atoms. The average molecular weight is 490 g/mol. The molecule has 186 valence electrons. The third-order valence-electron chi connectivity index (χ3n) is 6.97. The number of aliphatic hydroxyl groups excluding tert-OH is 1. The van der Waals surface area contributed by atoms with Crippen LogP contribution >= 0.6 is 0 Å². The molecule has 2 aromatic heterocycles. The number of nitrogens with zero attached hydrogens (tertiary/aromatic N) is 4. The quantitative estimate of drug-likeness (QED) is 0.390. The summed E-state index contributed by atoms with van der Waals surface area (Å²) in [5.41, 5.74) is 6.09. The van der Waals surface area contributed by atoms with Crippen LogP contribution in [0, 0.1) is 23.4 Å². The predicted molar refractivity (Wildman–Crippen MR) is 122 cm³/mol. The summed E-state index contributed by atoms with van der Waals surface area (Å²) in [7, 11) is 0. The van der Waals surface area contributed by atoms with Crippen LogP contribution in [0.1, 0.15) is 51.0 Å². The highest BCUT2D eigenvalue weighted by Crippen LogP contribution is 2.37. The number of aliphatic hydroxyl groups is 1.